The number of nitrogens with one attached hydrogen (secondary N) is 1. The van der Waals surface area contributed by atoms with Gasteiger partial charge < -0.3 is 5.32 Å². The average molecular weight is 353 g/mol. The summed E-state index contributed by atoms with van der Waals surface area (Å²) in [5, 5.41) is 7.85. The Bertz CT molecular complexity index is 807. The number of nitrogens with two attached hydrogens (primary N) is 1. The van der Waals surface area contributed by atoms with Crippen molar-refractivity contribution in [3.8, 4) is 0 Å². The van der Waals surface area contributed by atoms with Gasteiger partial charge in [0.2, 0.25) is 10.0 Å². The molecular weight excluding hydrogens is 336 g/mol. The topological polar surface area (TPSA) is 89.3 Å². The number of hydrogen-bond donors (Lipinski definition) is 2. The van der Waals surface area contributed by atoms with Crippen LogP contribution in [-0.4, -0.2) is 20.9 Å². The van der Waals surface area contributed by atoms with Crippen LogP contribution in [0.5, 0.6) is 0 Å². The Morgan fingerprint density at radius 1 is 1.22 bits per heavy atom. The van der Waals surface area contributed by atoms with E-state index < -0.39 is 10.0 Å². The highest BCUT2D eigenvalue weighted by Crippen LogP contribution is 2.21. The second-order valence-electron chi connectivity index (χ2n) is 5.21. The Balaban J connectivity index is 2.10. The minimum Gasteiger partial charge on any atom is -0.351 e. The second kappa shape index (κ2) is 7.12. The molecule has 0 aliphatic heterocycles. The smallest absolute Gasteiger partial charge is 0.251 e. The summed E-state index contributed by atoms with van der Waals surface area (Å²) in [5.74, 6) is -0.250. The number of primary sulfonamides is 1. The molecule has 2 rings (SSSR count). The highest BCUT2D eigenvalue weighted by Gasteiger charge is 2.16. The molecule has 23 heavy (non-hydrogen) atoms. The number of hydrogen-bond acceptors (Lipinski definition) is 3. The molecule has 0 spiro atoms. The van der Waals surface area contributed by atoms with E-state index in [0.717, 1.165) is 5.56 Å². The molecule has 2 aromatic carbocycles. The summed E-state index contributed by atoms with van der Waals surface area (Å²) in [6.07, 6.45) is 0. The first kappa shape index (κ1) is 17.5. The highest BCUT2D eigenvalue weighted by atomic mass is 35.5. The first-order chi connectivity index (χ1) is 10.8. The summed E-state index contributed by atoms with van der Waals surface area (Å²) in [4.78, 5) is 11.9. The maximum atomic E-state index is 12.2. The first-order valence-electron chi connectivity index (χ1n) is 6.94. The molecule has 0 unspecified atom stereocenters. The van der Waals surface area contributed by atoms with Gasteiger partial charge in [0.15, 0.2) is 0 Å². The van der Waals surface area contributed by atoms with Gasteiger partial charge in [-0.3, -0.25) is 4.79 Å². The molecule has 5 nitrogen and oxygen atoms in total. The minimum absolute atomic E-state index is 0.0123. The summed E-state index contributed by atoms with van der Waals surface area (Å²) in [6, 6.07) is 13.8. The summed E-state index contributed by atoms with van der Waals surface area (Å²) < 4.78 is 22.9. The zero-order valence-electron chi connectivity index (χ0n) is 12.5. The van der Waals surface area contributed by atoms with Gasteiger partial charge in [0, 0.05) is 12.1 Å². The fourth-order valence-corrected chi connectivity index (χ4v) is 3.18. The number of sulfonamides is 1. The molecule has 7 heteroatoms. The van der Waals surface area contributed by atoms with Crippen LogP contribution >= 0.6 is 11.6 Å². The van der Waals surface area contributed by atoms with Crippen molar-refractivity contribution in [1.29, 1.82) is 0 Å². The van der Waals surface area contributed by atoms with E-state index in [1.54, 1.807) is 0 Å². The van der Waals surface area contributed by atoms with E-state index >= 15 is 0 Å². The van der Waals surface area contributed by atoms with Crippen LogP contribution in [0.2, 0.25) is 5.02 Å². The minimum atomic E-state index is -3.98. The number of amides is 1. The van der Waals surface area contributed by atoms with E-state index in [0.29, 0.717) is 6.54 Å². The van der Waals surface area contributed by atoms with Crippen LogP contribution in [0, 0.1) is 0 Å². The second-order valence-corrected chi connectivity index (χ2v) is 7.15. The Labute approximate surface area is 140 Å². The average Bonchev–Trinajstić information content (AvgIpc) is 2.52. The van der Waals surface area contributed by atoms with Crippen molar-refractivity contribution < 1.29 is 13.2 Å². The number of benzene rings is 2. The Morgan fingerprint density at radius 2 is 1.87 bits per heavy atom. The summed E-state index contributed by atoms with van der Waals surface area (Å²) in [5.41, 5.74) is 1.30. The van der Waals surface area contributed by atoms with Gasteiger partial charge in [-0.05, 0) is 29.7 Å². The fourth-order valence-electron chi connectivity index (χ4n) is 2.11. The molecule has 1 amide bonds. The maximum absolute atomic E-state index is 12.2. The molecule has 0 fully saturated rings. The Kier molecular flexibility index (Phi) is 5.41. The van der Waals surface area contributed by atoms with Crippen LogP contribution in [0.25, 0.3) is 0 Å². The van der Waals surface area contributed by atoms with Crippen LogP contribution < -0.4 is 10.5 Å². The van der Waals surface area contributed by atoms with E-state index in [-0.39, 0.29) is 27.3 Å². The molecule has 1 atom stereocenters. The van der Waals surface area contributed by atoms with Gasteiger partial charge in [0.25, 0.3) is 5.91 Å². The summed E-state index contributed by atoms with van der Waals surface area (Å²) >= 11 is 5.80. The normalized spacial score (nSPS) is 12.7. The molecule has 0 aromatic heterocycles. The van der Waals surface area contributed by atoms with Gasteiger partial charge in [0.05, 0.1) is 5.02 Å². The quantitative estimate of drug-likeness (QED) is 0.866. The van der Waals surface area contributed by atoms with Crippen molar-refractivity contribution in [2.75, 3.05) is 6.54 Å². The van der Waals surface area contributed by atoms with Crippen molar-refractivity contribution in [1.82, 2.24) is 5.32 Å². The molecule has 2 aromatic rings. The Hall–Kier alpha value is -1.89. The van der Waals surface area contributed by atoms with Gasteiger partial charge in [-0.15, -0.1) is 0 Å². The predicted octanol–water partition coefficient (Wildman–Crippen LogP) is 2.52. The van der Waals surface area contributed by atoms with Gasteiger partial charge in [0.1, 0.15) is 4.90 Å². The number of rotatable bonds is 5. The van der Waals surface area contributed by atoms with E-state index in [9.17, 15) is 13.2 Å². The summed E-state index contributed by atoms with van der Waals surface area (Å²) in [6.45, 7) is 2.42. The molecule has 0 bridgehead atoms. The fraction of sp³-hybridized carbons (Fsp3) is 0.188. The zero-order valence-corrected chi connectivity index (χ0v) is 14.1. The largest absolute Gasteiger partial charge is 0.351 e. The molecule has 0 saturated carbocycles. The van der Waals surface area contributed by atoms with Gasteiger partial charge >= 0.3 is 0 Å². The number of carbonyl (C=O) groups is 1. The molecule has 0 heterocycles. The van der Waals surface area contributed by atoms with E-state index in [1.807, 2.05) is 37.3 Å². The van der Waals surface area contributed by atoms with Crippen molar-refractivity contribution >= 4 is 27.5 Å². The van der Waals surface area contributed by atoms with Crippen molar-refractivity contribution in [2.45, 2.75) is 17.7 Å². The molecule has 122 valence electrons. The van der Waals surface area contributed by atoms with Crippen LogP contribution in [0.3, 0.4) is 0 Å². The van der Waals surface area contributed by atoms with Crippen LogP contribution in [0.15, 0.2) is 53.4 Å². The van der Waals surface area contributed by atoms with Gasteiger partial charge in [-0.2, -0.15) is 0 Å². The molecular formula is C16H17ClN2O3S. The molecule has 0 saturated heterocycles. The van der Waals surface area contributed by atoms with E-state index in [2.05, 4.69) is 5.32 Å². The SMILES string of the molecule is C[C@@H](CNC(=O)c1ccc(Cl)c(S(N)(=O)=O)c1)c1ccccc1. The lowest BCUT2D eigenvalue weighted by molar-refractivity contribution is 0.0951. The predicted molar refractivity (Wildman–Crippen MR) is 90.0 cm³/mol. The number of halogens is 1. The van der Waals surface area contributed by atoms with Crippen molar-refractivity contribution in [3.63, 3.8) is 0 Å². The molecule has 3 N–H and O–H groups in total. The lowest BCUT2D eigenvalue weighted by Gasteiger charge is -2.13. The third-order valence-electron chi connectivity index (χ3n) is 3.44. The molecule has 0 aliphatic carbocycles. The van der Waals surface area contributed by atoms with Crippen LogP contribution in [0.1, 0.15) is 28.8 Å². The summed E-state index contributed by atoms with van der Waals surface area (Å²) in [7, 11) is -3.98. The highest BCUT2D eigenvalue weighted by molar-refractivity contribution is 7.89. The van der Waals surface area contributed by atoms with Crippen molar-refractivity contribution in [3.05, 3.63) is 64.7 Å². The zero-order chi connectivity index (χ0) is 17.0. The molecule has 0 radical (unpaired) electrons. The van der Waals surface area contributed by atoms with Gasteiger partial charge in [-0.1, -0.05) is 48.9 Å². The maximum Gasteiger partial charge on any atom is 0.251 e. The monoisotopic (exact) mass is 352 g/mol. The van der Waals surface area contributed by atoms with E-state index in [4.69, 9.17) is 16.7 Å². The molecule has 0 aliphatic rings. The first-order valence-corrected chi connectivity index (χ1v) is 8.87. The van der Waals surface area contributed by atoms with Crippen LogP contribution in [-0.2, 0) is 10.0 Å². The lowest BCUT2D eigenvalue weighted by atomic mass is 10.0. The third kappa shape index (κ3) is 4.54. The van der Waals surface area contributed by atoms with Crippen LogP contribution in [0.4, 0.5) is 0 Å². The standard InChI is InChI=1S/C16H17ClN2O3S/c1-11(12-5-3-2-4-6-12)10-19-16(20)13-7-8-14(17)15(9-13)23(18,21)22/h2-9,11H,10H2,1H3,(H,19,20)(H2,18,21,22)/t11-/m0/s1. The van der Waals surface area contributed by atoms with Crippen molar-refractivity contribution in [2.24, 2.45) is 5.14 Å². The third-order valence-corrected chi connectivity index (χ3v) is 4.83. The van der Waals surface area contributed by atoms with Gasteiger partial charge in [-0.25, -0.2) is 13.6 Å². The Morgan fingerprint density at radius 3 is 2.48 bits per heavy atom. The lowest BCUT2D eigenvalue weighted by Crippen LogP contribution is -2.27. The number of carbonyl (C=O) groups excluding carboxylic acids is 1. The van der Waals surface area contributed by atoms with E-state index in [1.165, 1.54) is 18.2 Å².